The molecule has 0 aromatic heterocycles. The topological polar surface area (TPSA) is 96.3 Å². The van der Waals surface area contributed by atoms with Gasteiger partial charge in [-0.25, -0.2) is 8.42 Å². The molecule has 1 rings (SSSR count). The smallest absolute Gasteiger partial charge is 0.325 e. The average molecular weight is 397 g/mol. The van der Waals surface area contributed by atoms with Crippen LogP contribution in [0.2, 0.25) is 10.0 Å². The summed E-state index contributed by atoms with van der Waals surface area (Å²) in [4.78, 5) is 11.8. The van der Waals surface area contributed by atoms with Gasteiger partial charge in [0, 0.05) is 0 Å². The first-order chi connectivity index (χ1) is 10.8. The van der Waals surface area contributed by atoms with Crippen molar-refractivity contribution in [2.75, 3.05) is 18.6 Å². The van der Waals surface area contributed by atoms with Gasteiger partial charge in [0.1, 0.15) is 12.1 Å². The zero-order chi connectivity index (χ0) is 17.5. The van der Waals surface area contributed by atoms with E-state index >= 15 is 0 Å². The number of carbonyl (C=O) groups is 1. The zero-order valence-electron chi connectivity index (χ0n) is 12.1. The number of rotatable bonds is 8. The Bertz CT molecular complexity index is 704. The van der Waals surface area contributed by atoms with Crippen LogP contribution in [0.25, 0.3) is 0 Å². The fourth-order valence-corrected chi connectivity index (χ4v) is 3.64. The number of nitriles is 1. The Labute approximate surface area is 149 Å². The molecule has 0 heterocycles. The molecule has 0 aliphatic heterocycles. The molecule has 126 valence electrons. The molecule has 0 bridgehead atoms. The van der Waals surface area contributed by atoms with E-state index in [1.165, 1.54) is 30.0 Å². The molecule has 23 heavy (non-hydrogen) atoms. The summed E-state index contributed by atoms with van der Waals surface area (Å²) in [5.74, 6) is -0.264. The molecule has 10 heteroatoms. The molecule has 1 N–H and O–H groups in total. The van der Waals surface area contributed by atoms with Crippen molar-refractivity contribution < 1.29 is 17.9 Å². The number of carbonyl (C=O) groups excluding carboxylic acids is 1. The summed E-state index contributed by atoms with van der Waals surface area (Å²) in [7, 11) is -3.99. The Morgan fingerprint density at radius 3 is 2.70 bits per heavy atom. The van der Waals surface area contributed by atoms with Crippen molar-refractivity contribution in [1.29, 1.82) is 5.26 Å². The van der Waals surface area contributed by atoms with Crippen molar-refractivity contribution in [2.24, 2.45) is 0 Å². The van der Waals surface area contributed by atoms with Crippen LogP contribution in [0, 0.1) is 11.3 Å². The summed E-state index contributed by atoms with van der Waals surface area (Å²) >= 11 is 13.0. The number of esters is 1. The van der Waals surface area contributed by atoms with Crippen LogP contribution in [0.5, 0.6) is 0 Å². The third-order valence-corrected chi connectivity index (χ3v) is 5.53. The van der Waals surface area contributed by atoms with Gasteiger partial charge in [0.25, 0.3) is 0 Å². The molecule has 0 radical (unpaired) electrons. The summed E-state index contributed by atoms with van der Waals surface area (Å²) in [6.07, 6.45) is 2.05. The zero-order valence-corrected chi connectivity index (χ0v) is 15.2. The van der Waals surface area contributed by atoms with Gasteiger partial charge in [-0.15, -0.1) is 0 Å². The van der Waals surface area contributed by atoms with Crippen LogP contribution >= 0.6 is 35.0 Å². The van der Waals surface area contributed by atoms with Crippen LogP contribution in [0.4, 0.5) is 0 Å². The SMILES string of the molecule is CSCC[C@@H](NS(=O)(=O)c1ccc(Cl)c(Cl)c1)C(=O)OCC#N. The number of hydrogen-bond donors (Lipinski definition) is 1. The molecule has 0 aliphatic rings. The molecule has 1 atom stereocenters. The van der Waals surface area contributed by atoms with Crippen LogP contribution in [0.15, 0.2) is 23.1 Å². The van der Waals surface area contributed by atoms with Crippen LogP contribution < -0.4 is 4.72 Å². The second-order valence-electron chi connectivity index (χ2n) is 4.30. The van der Waals surface area contributed by atoms with E-state index in [1.54, 1.807) is 6.07 Å². The number of thioether (sulfide) groups is 1. The van der Waals surface area contributed by atoms with Crippen molar-refractivity contribution in [3.8, 4) is 6.07 Å². The first-order valence-corrected chi connectivity index (χ1v) is 9.95. The quantitative estimate of drug-likeness (QED) is 0.677. The highest BCUT2D eigenvalue weighted by molar-refractivity contribution is 7.98. The second kappa shape index (κ2) is 9.35. The Kier molecular flexibility index (Phi) is 8.16. The van der Waals surface area contributed by atoms with Gasteiger partial charge >= 0.3 is 5.97 Å². The normalized spacial score (nSPS) is 12.4. The number of hydrogen-bond acceptors (Lipinski definition) is 6. The van der Waals surface area contributed by atoms with Crippen molar-refractivity contribution in [3.63, 3.8) is 0 Å². The van der Waals surface area contributed by atoms with E-state index in [4.69, 9.17) is 33.2 Å². The molecule has 0 saturated heterocycles. The van der Waals surface area contributed by atoms with Gasteiger partial charge in [-0.2, -0.15) is 21.7 Å². The minimum absolute atomic E-state index is 0.0854. The summed E-state index contributed by atoms with van der Waals surface area (Å²) in [5.41, 5.74) is 0. The van der Waals surface area contributed by atoms with Crippen LogP contribution in [0.3, 0.4) is 0 Å². The van der Waals surface area contributed by atoms with E-state index < -0.39 is 28.6 Å². The molecule has 0 amide bonds. The van der Waals surface area contributed by atoms with Crippen molar-refractivity contribution >= 4 is 51.0 Å². The number of sulfonamides is 1. The molecule has 1 aromatic rings. The summed E-state index contributed by atoms with van der Waals surface area (Å²) < 4.78 is 31.7. The van der Waals surface area contributed by atoms with Gasteiger partial charge in [-0.3, -0.25) is 4.79 Å². The molecular weight excluding hydrogens is 383 g/mol. The fourth-order valence-electron chi connectivity index (χ4n) is 1.56. The van der Waals surface area contributed by atoms with E-state index in [-0.39, 0.29) is 21.4 Å². The van der Waals surface area contributed by atoms with Gasteiger partial charge in [0.05, 0.1) is 14.9 Å². The first kappa shape index (κ1) is 20.1. The van der Waals surface area contributed by atoms with E-state index in [9.17, 15) is 13.2 Å². The highest BCUT2D eigenvalue weighted by Gasteiger charge is 2.27. The van der Waals surface area contributed by atoms with Crippen LogP contribution in [-0.2, 0) is 19.6 Å². The van der Waals surface area contributed by atoms with Crippen molar-refractivity contribution in [2.45, 2.75) is 17.4 Å². The largest absolute Gasteiger partial charge is 0.449 e. The average Bonchev–Trinajstić information content (AvgIpc) is 2.51. The van der Waals surface area contributed by atoms with Gasteiger partial charge in [0.2, 0.25) is 10.0 Å². The maximum Gasteiger partial charge on any atom is 0.325 e. The molecule has 0 saturated carbocycles. The lowest BCUT2D eigenvalue weighted by molar-refractivity contribution is -0.144. The van der Waals surface area contributed by atoms with Crippen LogP contribution in [-0.4, -0.2) is 39.0 Å². The highest BCUT2D eigenvalue weighted by atomic mass is 35.5. The van der Waals surface area contributed by atoms with Crippen LogP contribution in [0.1, 0.15) is 6.42 Å². The molecule has 6 nitrogen and oxygen atoms in total. The Hall–Kier alpha value is -0.980. The Morgan fingerprint density at radius 1 is 1.43 bits per heavy atom. The van der Waals surface area contributed by atoms with E-state index in [2.05, 4.69) is 4.72 Å². The van der Waals surface area contributed by atoms with Gasteiger partial charge in [-0.05, 0) is 36.6 Å². The Morgan fingerprint density at radius 2 is 2.13 bits per heavy atom. The molecule has 1 aromatic carbocycles. The van der Waals surface area contributed by atoms with E-state index in [1.807, 2.05) is 6.26 Å². The predicted molar refractivity (Wildman–Crippen MR) is 90.1 cm³/mol. The monoisotopic (exact) mass is 396 g/mol. The maximum absolute atomic E-state index is 12.4. The van der Waals surface area contributed by atoms with Gasteiger partial charge in [-0.1, -0.05) is 23.2 Å². The third kappa shape index (κ3) is 6.20. The van der Waals surface area contributed by atoms with E-state index in [0.717, 1.165) is 0 Å². The highest BCUT2D eigenvalue weighted by Crippen LogP contribution is 2.25. The minimum atomic E-state index is -3.99. The van der Waals surface area contributed by atoms with E-state index in [0.29, 0.717) is 5.75 Å². The number of halogens is 2. The summed E-state index contributed by atoms with van der Waals surface area (Å²) in [5, 5.41) is 8.75. The number of nitrogens with one attached hydrogen (secondary N) is 1. The molecule has 0 fully saturated rings. The van der Waals surface area contributed by atoms with Crippen molar-refractivity contribution in [3.05, 3.63) is 28.2 Å². The lowest BCUT2D eigenvalue weighted by atomic mass is 10.2. The Balaban J connectivity index is 2.97. The standard InChI is InChI=1S/C13H14Cl2N2O4S2/c1-22-7-4-12(13(18)21-6-5-16)17-23(19,20)9-2-3-10(14)11(15)8-9/h2-3,8,12,17H,4,6-7H2,1H3/t12-/m1/s1. The number of ether oxygens (including phenoxy) is 1. The summed E-state index contributed by atoms with van der Waals surface area (Å²) in [6, 6.07) is 4.40. The molecule has 0 spiro atoms. The lowest BCUT2D eigenvalue weighted by Crippen LogP contribution is -2.42. The lowest BCUT2D eigenvalue weighted by Gasteiger charge is -2.17. The molecule has 0 aliphatic carbocycles. The maximum atomic E-state index is 12.4. The predicted octanol–water partition coefficient (Wildman–Crippen LogP) is 2.46. The molecular formula is C13H14Cl2N2O4S2. The number of nitrogens with zero attached hydrogens (tertiary/aromatic N) is 1. The van der Waals surface area contributed by atoms with Gasteiger partial charge < -0.3 is 4.74 Å². The first-order valence-electron chi connectivity index (χ1n) is 6.31. The fraction of sp³-hybridized carbons (Fsp3) is 0.385. The number of benzene rings is 1. The third-order valence-electron chi connectivity index (χ3n) is 2.67. The van der Waals surface area contributed by atoms with Gasteiger partial charge in [0.15, 0.2) is 6.61 Å². The minimum Gasteiger partial charge on any atom is -0.449 e. The van der Waals surface area contributed by atoms with Crippen molar-refractivity contribution in [1.82, 2.24) is 4.72 Å². The second-order valence-corrected chi connectivity index (χ2v) is 7.81. The summed E-state index contributed by atoms with van der Waals surface area (Å²) in [6.45, 7) is -0.441. The molecule has 0 unspecified atom stereocenters.